The van der Waals surface area contributed by atoms with E-state index in [1.807, 2.05) is 0 Å². The molecule has 7 heteroatoms. The maximum atomic E-state index is 12.2. The van der Waals surface area contributed by atoms with E-state index in [-0.39, 0.29) is 22.3 Å². The van der Waals surface area contributed by atoms with Crippen LogP contribution < -0.4 is 9.50 Å². The highest BCUT2D eigenvalue weighted by Gasteiger charge is 2.17. The zero-order valence-electron chi connectivity index (χ0n) is 13.3. The molecule has 0 unspecified atom stereocenters. The largest absolute Gasteiger partial charge is 0.379 e. The van der Waals surface area contributed by atoms with Gasteiger partial charge >= 0.3 is 10.1 Å². The van der Waals surface area contributed by atoms with Crippen LogP contribution in [-0.2, 0) is 14.9 Å². The maximum Gasteiger partial charge on any atom is 0.339 e. The molecular formula is C17H17NO5S. The van der Waals surface area contributed by atoms with Gasteiger partial charge in [-0.25, -0.2) is 0 Å². The molecule has 0 bridgehead atoms. The van der Waals surface area contributed by atoms with Crippen LogP contribution >= 0.6 is 0 Å². The van der Waals surface area contributed by atoms with Crippen LogP contribution in [0.4, 0.5) is 5.69 Å². The van der Waals surface area contributed by atoms with Crippen molar-refractivity contribution in [2.24, 2.45) is 0 Å². The quantitative estimate of drug-likeness (QED) is 0.641. The second kappa shape index (κ2) is 7.27. The average molecular weight is 347 g/mol. The number of hydrogen-bond acceptors (Lipinski definition) is 5. The summed E-state index contributed by atoms with van der Waals surface area (Å²) in [6.07, 6.45) is 0.374. The van der Waals surface area contributed by atoms with E-state index in [9.17, 15) is 18.0 Å². The van der Waals surface area contributed by atoms with Crippen LogP contribution in [0.2, 0.25) is 0 Å². The number of carbonyl (C=O) groups is 2. The third kappa shape index (κ3) is 4.42. The molecule has 1 amide bonds. The van der Waals surface area contributed by atoms with Crippen LogP contribution in [0.3, 0.4) is 0 Å². The van der Waals surface area contributed by atoms with E-state index in [2.05, 4.69) is 5.32 Å². The summed E-state index contributed by atoms with van der Waals surface area (Å²) < 4.78 is 29.5. The SMILES string of the molecule is CCC(=O)c1ccc(OS(=O)(=O)c2ccc(NC(C)=O)cc2)cc1. The van der Waals surface area contributed by atoms with Gasteiger partial charge in [-0.05, 0) is 48.5 Å². The summed E-state index contributed by atoms with van der Waals surface area (Å²) in [5.74, 6) is -0.157. The third-order valence-electron chi connectivity index (χ3n) is 3.17. The molecule has 0 heterocycles. The summed E-state index contributed by atoms with van der Waals surface area (Å²) in [6.45, 7) is 3.11. The van der Waals surface area contributed by atoms with Gasteiger partial charge in [-0.3, -0.25) is 9.59 Å². The van der Waals surface area contributed by atoms with Crippen LogP contribution in [0.1, 0.15) is 30.6 Å². The van der Waals surface area contributed by atoms with E-state index in [1.165, 1.54) is 55.5 Å². The highest BCUT2D eigenvalue weighted by atomic mass is 32.2. The smallest absolute Gasteiger partial charge is 0.339 e. The van der Waals surface area contributed by atoms with E-state index in [4.69, 9.17) is 4.18 Å². The van der Waals surface area contributed by atoms with E-state index < -0.39 is 10.1 Å². The monoisotopic (exact) mass is 347 g/mol. The molecule has 0 aliphatic carbocycles. The maximum absolute atomic E-state index is 12.2. The molecule has 2 rings (SSSR count). The van der Waals surface area contributed by atoms with Crippen molar-refractivity contribution >= 4 is 27.5 Å². The summed E-state index contributed by atoms with van der Waals surface area (Å²) in [4.78, 5) is 22.5. The Balaban J connectivity index is 2.15. The lowest BCUT2D eigenvalue weighted by atomic mass is 10.1. The number of carbonyl (C=O) groups excluding carboxylic acids is 2. The fourth-order valence-corrected chi connectivity index (χ4v) is 2.91. The van der Waals surface area contributed by atoms with Gasteiger partial charge in [-0.15, -0.1) is 0 Å². The molecule has 0 atom stereocenters. The normalized spacial score (nSPS) is 10.9. The molecular weight excluding hydrogens is 330 g/mol. The minimum absolute atomic E-state index is 0.0297. The van der Waals surface area contributed by atoms with Gasteiger partial charge in [-0.2, -0.15) is 8.42 Å². The fourth-order valence-electron chi connectivity index (χ4n) is 1.98. The van der Waals surface area contributed by atoms with Crippen molar-refractivity contribution in [3.8, 4) is 5.75 Å². The number of rotatable bonds is 6. The molecule has 1 N–H and O–H groups in total. The molecule has 0 radical (unpaired) electrons. The topological polar surface area (TPSA) is 89.5 Å². The Labute approximate surface area is 140 Å². The van der Waals surface area contributed by atoms with Gasteiger partial charge in [0.1, 0.15) is 10.6 Å². The minimum atomic E-state index is -3.99. The van der Waals surface area contributed by atoms with Crippen LogP contribution in [-0.4, -0.2) is 20.1 Å². The zero-order valence-corrected chi connectivity index (χ0v) is 14.1. The standard InChI is InChI=1S/C17H17NO5S/c1-3-17(20)13-4-8-15(9-5-13)23-24(21,22)16-10-6-14(7-11-16)18-12(2)19/h4-11H,3H2,1-2H3,(H,18,19). The first-order valence-electron chi connectivity index (χ1n) is 7.27. The van der Waals surface area contributed by atoms with Crippen LogP contribution in [0.15, 0.2) is 53.4 Å². The van der Waals surface area contributed by atoms with Gasteiger partial charge in [0.15, 0.2) is 5.78 Å². The Morgan fingerprint density at radius 1 is 1.00 bits per heavy atom. The predicted octanol–water partition coefficient (Wildman–Crippen LogP) is 3.01. The second-order valence-corrected chi connectivity index (χ2v) is 6.59. The highest BCUT2D eigenvalue weighted by molar-refractivity contribution is 7.87. The molecule has 6 nitrogen and oxygen atoms in total. The fraction of sp³-hybridized carbons (Fsp3) is 0.176. The number of anilines is 1. The molecule has 126 valence electrons. The van der Waals surface area contributed by atoms with E-state index in [0.29, 0.717) is 17.7 Å². The third-order valence-corrected chi connectivity index (χ3v) is 4.43. The first-order valence-corrected chi connectivity index (χ1v) is 8.68. The minimum Gasteiger partial charge on any atom is -0.379 e. The summed E-state index contributed by atoms with van der Waals surface area (Å²) in [7, 11) is -3.99. The summed E-state index contributed by atoms with van der Waals surface area (Å²) >= 11 is 0. The second-order valence-electron chi connectivity index (χ2n) is 5.04. The van der Waals surface area contributed by atoms with Crippen molar-refractivity contribution < 1.29 is 22.2 Å². The number of benzene rings is 2. The Morgan fingerprint density at radius 2 is 1.58 bits per heavy atom. The number of hydrogen-bond donors (Lipinski definition) is 1. The molecule has 0 aliphatic rings. The molecule has 2 aromatic carbocycles. The summed E-state index contributed by atoms with van der Waals surface area (Å²) in [5.41, 5.74) is 0.991. The molecule has 0 saturated heterocycles. The van der Waals surface area contributed by atoms with Gasteiger partial charge in [-0.1, -0.05) is 6.92 Å². The Kier molecular flexibility index (Phi) is 5.35. The van der Waals surface area contributed by atoms with Crippen molar-refractivity contribution in [2.75, 3.05) is 5.32 Å². The highest BCUT2D eigenvalue weighted by Crippen LogP contribution is 2.21. The number of ketones is 1. The molecule has 0 saturated carbocycles. The van der Waals surface area contributed by atoms with E-state index >= 15 is 0 Å². The lowest BCUT2D eigenvalue weighted by molar-refractivity contribution is -0.114. The lowest BCUT2D eigenvalue weighted by Gasteiger charge is -2.08. The molecule has 0 aromatic heterocycles. The number of nitrogens with one attached hydrogen (secondary N) is 1. The van der Waals surface area contributed by atoms with Gasteiger partial charge in [0.2, 0.25) is 5.91 Å². The molecule has 0 fully saturated rings. The Hall–Kier alpha value is -2.67. The van der Waals surface area contributed by atoms with Crippen molar-refractivity contribution in [1.82, 2.24) is 0 Å². The van der Waals surface area contributed by atoms with Crippen molar-refractivity contribution in [2.45, 2.75) is 25.2 Å². The Bertz CT molecular complexity index is 840. The van der Waals surface area contributed by atoms with Gasteiger partial charge in [0, 0.05) is 24.6 Å². The van der Waals surface area contributed by atoms with Crippen molar-refractivity contribution in [3.05, 3.63) is 54.1 Å². The summed E-state index contributed by atoms with van der Waals surface area (Å²) in [5, 5.41) is 2.55. The number of Topliss-reactive ketones (excluding diaryl/α,β-unsaturated/α-hetero) is 1. The lowest BCUT2D eigenvalue weighted by Crippen LogP contribution is -2.10. The zero-order chi connectivity index (χ0) is 17.7. The van der Waals surface area contributed by atoms with Gasteiger partial charge < -0.3 is 9.50 Å². The number of amides is 1. The predicted molar refractivity (Wildman–Crippen MR) is 89.6 cm³/mol. The van der Waals surface area contributed by atoms with Crippen LogP contribution in [0, 0.1) is 0 Å². The van der Waals surface area contributed by atoms with Gasteiger partial charge in [0.05, 0.1) is 0 Å². The molecule has 0 aliphatic heterocycles. The van der Waals surface area contributed by atoms with Crippen LogP contribution in [0.5, 0.6) is 5.75 Å². The van der Waals surface area contributed by atoms with Crippen molar-refractivity contribution in [1.29, 1.82) is 0 Å². The van der Waals surface area contributed by atoms with Crippen LogP contribution in [0.25, 0.3) is 0 Å². The van der Waals surface area contributed by atoms with E-state index in [1.54, 1.807) is 6.92 Å². The molecule has 24 heavy (non-hydrogen) atoms. The van der Waals surface area contributed by atoms with E-state index in [0.717, 1.165) is 0 Å². The summed E-state index contributed by atoms with van der Waals surface area (Å²) in [6, 6.07) is 11.6. The van der Waals surface area contributed by atoms with Gasteiger partial charge in [0.25, 0.3) is 0 Å². The first-order chi connectivity index (χ1) is 11.3. The first kappa shape index (κ1) is 17.7. The van der Waals surface area contributed by atoms with Crippen molar-refractivity contribution in [3.63, 3.8) is 0 Å². The Morgan fingerprint density at radius 3 is 2.08 bits per heavy atom. The molecule has 0 spiro atoms. The molecule has 2 aromatic rings. The average Bonchev–Trinajstić information content (AvgIpc) is 2.54.